The van der Waals surface area contributed by atoms with Crippen LogP contribution in [0.3, 0.4) is 0 Å². The van der Waals surface area contributed by atoms with Crippen molar-refractivity contribution in [2.24, 2.45) is 0 Å². The average molecular weight is 398 g/mol. The number of nitrogens with one attached hydrogen (secondary N) is 1. The molecule has 0 spiro atoms. The number of hydrogen-bond donors (Lipinski definition) is 1. The summed E-state index contributed by atoms with van der Waals surface area (Å²) in [6.07, 6.45) is 7.52. The Bertz CT molecular complexity index is 864. The monoisotopic (exact) mass is 397 g/mol. The van der Waals surface area contributed by atoms with Gasteiger partial charge in [-0.3, -0.25) is 4.79 Å². The molecular formula is C22H24FN3OS. The van der Waals surface area contributed by atoms with Crippen LogP contribution in [0.25, 0.3) is 0 Å². The molecule has 0 aliphatic heterocycles. The zero-order chi connectivity index (χ0) is 19.8. The van der Waals surface area contributed by atoms with Crippen molar-refractivity contribution in [1.82, 2.24) is 9.55 Å². The Morgan fingerprint density at radius 3 is 2.50 bits per heavy atom. The molecule has 2 aromatic carbocycles. The van der Waals surface area contributed by atoms with Crippen LogP contribution >= 0.6 is 11.8 Å². The van der Waals surface area contributed by atoms with E-state index in [1.54, 1.807) is 6.20 Å². The number of hydrogen-bond acceptors (Lipinski definition) is 3. The highest BCUT2D eigenvalue weighted by atomic mass is 32.2. The summed E-state index contributed by atoms with van der Waals surface area (Å²) >= 11 is 1.91. The number of amides is 1. The number of carbonyl (C=O) groups excluding carboxylic acids is 1. The fraction of sp³-hybridized carbons (Fsp3) is 0.273. The highest BCUT2D eigenvalue weighted by Crippen LogP contribution is 2.24. The van der Waals surface area contributed by atoms with Crippen molar-refractivity contribution in [3.8, 4) is 0 Å². The van der Waals surface area contributed by atoms with Gasteiger partial charge in [0.2, 0.25) is 5.91 Å². The molecule has 146 valence electrons. The van der Waals surface area contributed by atoms with Gasteiger partial charge in [0.05, 0.1) is 6.33 Å². The van der Waals surface area contributed by atoms with Gasteiger partial charge in [-0.15, -0.1) is 0 Å². The van der Waals surface area contributed by atoms with Gasteiger partial charge in [-0.2, -0.15) is 11.8 Å². The minimum Gasteiger partial charge on any atom is -0.336 e. The van der Waals surface area contributed by atoms with Crippen molar-refractivity contribution in [2.45, 2.75) is 37.3 Å². The molecule has 0 fully saturated rings. The van der Waals surface area contributed by atoms with Crippen molar-refractivity contribution >= 4 is 23.4 Å². The summed E-state index contributed by atoms with van der Waals surface area (Å²) in [5.74, 6) is 0.627. The molecule has 1 N–H and O–H groups in total. The Morgan fingerprint density at radius 1 is 1.14 bits per heavy atom. The first kappa shape index (κ1) is 20.1. The second-order valence-electron chi connectivity index (χ2n) is 6.74. The number of thioether (sulfide) groups is 1. The molecule has 0 saturated carbocycles. The van der Waals surface area contributed by atoms with E-state index in [4.69, 9.17) is 0 Å². The fourth-order valence-corrected chi connectivity index (χ4v) is 4.12. The zero-order valence-electron chi connectivity index (χ0n) is 15.8. The molecule has 1 amide bonds. The minimum atomic E-state index is -0.198. The first-order valence-electron chi connectivity index (χ1n) is 9.27. The SMILES string of the molecule is CC(=O)Nc1ccc(CSC(CCc2ccc(F)cc2)Cn2ccnc2)cc1. The van der Waals surface area contributed by atoms with Crippen molar-refractivity contribution in [3.63, 3.8) is 0 Å². The molecule has 0 saturated heterocycles. The van der Waals surface area contributed by atoms with Gasteiger partial charge >= 0.3 is 0 Å². The summed E-state index contributed by atoms with van der Waals surface area (Å²) in [5.41, 5.74) is 3.18. The quantitative estimate of drug-likeness (QED) is 0.558. The van der Waals surface area contributed by atoms with Crippen LogP contribution in [0.5, 0.6) is 0 Å². The van der Waals surface area contributed by atoms with Gasteiger partial charge in [0.1, 0.15) is 5.82 Å². The summed E-state index contributed by atoms with van der Waals surface area (Å²) in [5, 5.41) is 3.20. The predicted molar refractivity (Wildman–Crippen MR) is 113 cm³/mol. The maximum Gasteiger partial charge on any atom is 0.221 e. The topological polar surface area (TPSA) is 46.9 Å². The third kappa shape index (κ3) is 6.53. The molecule has 3 rings (SSSR count). The van der Waals surface area contributed by atoms with Crippen LogP contribution in [0, 0.1) is 5.82 Å². The Hall–Kier alpha value is -2.60. The predicted octanol–water partition coefficient (Wildman–Crippen LogP) is 4.92. The standard InChI is InChI=1S/C22H24FN3OS/c1-17(27)25-21-9-4-19(5-10-21)15-28-22(14-26-13-12-24-16-26)11-6-18-2-7-20(23)8-3-18/h2-5,7-10,12-13,16,22H,6,11,14-15H2,1H3,(H,25,27). The lowest BCUT2D eigenvalue weighted by atomic mass is 10.1. The Kier molecular flexibility index (Phi) is 7.25. The minimum absolute atomic E-state index is 0.0664. The normalized spacial score (nSPS) is 11.9. The van der Waals surface area contributed by atoms with E-state index in [0.29, 0.717) is 5.25 Å². The Labute approximate surface area is 169 Å². The van der Waals surface area contributed by atoms with Gasteiger partial charge in [0.25, 0.3) is 0 Å². The maximum absolute atomic E-state index is 13.1. The first-order chi connectivity index (χ1) is 13.6. The van der Waals surface area contributed by atoms with E-state index < -0.39 is 0 Å². The molecule has 28 heavy (non-hydrogen) atoms. The summed E-state index contributed by atoms with van der Waals surface area (Å²) in [6.45, 7) is 2.39. The highest BCUT2D eigenvalue weighted by molar-refractivity contribution is 7.99. The van der Waals surface area contributed by atoms with Crippen LogP contribution < -0.4 is 5.32 Å². The van der Waals surface area contributed by atoms with Crippen LogP contribution in [0.1, 0.15) is 24.5 Å². The molecule has 3 aromatic rings. The molecule has 0 aliphatic rings. The molecule has 1 atom stereocenters. The summed E-state index contributed by atoms with van der Waals surface area (Å²) < 4.78 is 15.2. The van der Waals surface area contributed by atoms with Crippen molar-refractivity contribution in [3.05, 3.63) is 84.2 Å². The Balaban J connectivity index is 1.58. The van der Waals surface area contributed by atoms with Crippen molar-refractivity contribution in [2.75, 3.05) is 5.32 Å². The number of halogens is 1. The number of anilines is 1. The number of aryl methyl sites for hydroxylation is 1. The smallest absolute Gasteiger partial charge is 0.221 e. The summed E-state index contributed by atoms with van der Waals surface area (Å²) in [6, 6.07) is 14.7. The molecular weight excluding hydrogens is 373 g/mol. The second-order valence-corrected chi connectivity index (χ2v) is 8.02. The van der Waals surface area contributed by atoms with E-state index in [-0.39, 0.29) is 11.7 Å². The van der Waals surface area contributed by atoms with Gasteiger partial charge in [0.15, 0.2) is 0 Å². The lowest BCUT2D eigenvalue weighted by molar-refractivity contribution is -0.114. The van der Waals surface area contributed by atoms with Crippen molar-refractivity contribution < 1.29 is 9.18 Å². The van der Waals surface area contributed by atoms with E-state index in [9.17, 15) is 9.18 Å². The lowest BCUT2D eigenvalue weighted by Crippen LogP contribution is -2.13. The third-order valence-corrected chi connectivity index (χ3v) is 5.76. The first-order valence-corrected chi connectivity index (χ1v) is 10.3. The summed E-state index contributed by atoms with van der Waals surface area (Å²) in [4.78, 5) is 15.3. The van der Waals surface area contributed by atoms with E-state index in [1.165, 1.54) is 24.6 Å². The number of benzene rings is 2. The number of aromatic nitrogens is 2. The molecule has 0 bridgehead atoms. The molecule has 1 aromatic heterocycles. The van der Waals surface area contributed by atoms with Crippen LogP contribution in [0.15, 0.2) is 67.3 Å². The maximum atomic E-state index is 13.1. The number of nitrogens with zero attached hydrogens (tertiary/aromatic N) is 2. The molecule has 1 unspecified atom stereocenters. The van der Waals surface area contributed by atoms with E-state index >= 15 is 0 Å². The molecule has 6 heteroatoms. The molecule has 1 heterocycles. The molecule has 0 aliphatic carbocycles. The van der Waals surface area contributed by atoms with Crippen LogP contribution in [-0.4, -0.2) is 20.7 Å². The number of carbonyl (C=O) groups is 1. The second kappa shape index (κ2) is 10.1. The largest absolute Gasteiger partial charge is 0.336 e. The van der Waals surface area contributed by atoms with E-state index in [0.717, 1.165) is 36.4 Å². The number of imidazole rings is 1. The molecule has 0 radical (unpaired) electrons. The summed E-state index contributed by atoms with van der Waals surface area (Å²) in [7, 11) is 0. The van der Waals surface area contributed by atoms with Crippen molar-refractivity contribution in [1.29, 1.82) is 0 Å². The zero-order valence-corrected chi connectivity index (χ0v) is 16.7. The van der Waals surface area contributed by atoms with Gasteiger partial charge in [-0.05, 0) is 48.2 Å². The van der Waals surface area contributed by atoms with E-state index in [1.807, 2.05) is 60.7 Å². The number of rotatable bonds is 9. The average Bonchev–Trinajstić information content (AvgIpc) is 3.19. The van der Waals surface area contributed by atoms with Crippen LogP contribution in [-0.2, 0) is 23.5 Å². The highest BCUT2D eigenvalue weighted by Gasteiger charge is 2.11. The fourth-order valence-electron chi connectivity index (χ4n) is 2.94. The van der Waals surface area contributed by atoms with Crippen LogP contribution in [0.4, 0.5) is 10.1 Å². The third-order valence-electron chi connectivity index (χ3n) is 4.40. The lowest BCUT2D eigenvalue weighted by Gasteiger charge is -2.17. The van der Waals surface area contributed by atoms with E-state index in [2.05, 4.69) is 14.9 Å². The molecule has 4 nitrogen and oxygen atoms in total. The van der Waals surface area contributed by atoms with Gasteiger partial charge in [-0.1, -0.05) is 24.3 Å². The van der Waals surface area contributed by atoms with Gasteiger partial charge < -0.3 is 9.88 Å². The Morgan fingerprint density at radius 2 is 1.86 bits per heavy atom. The van der Waals surface area contributed by atoms with Gasteiger partial charge in [-0.25, -0.2) is 9.37 Å². The van der Waals surface area contributed by atoms with Gasteiger partial charge in [0, 0.05) is 42.6 Å². The van der Waals surface area contributed by atoms with Crippen LogP contribution in [0.2, 0.25) is 0 Å².